The lowest BCUT2D eigenvalue weighted by Gasteiger charge is -2.31. The zero-order chi connectivity index (χ0) is 23.9. The predicted octanol–water partition coefficient (Wildman–Crippen LogP) is 3.10. The van der Waals surface area contributed by atoms with E-state index in [-0.39, 0.29) is 36.6 Å². The number of aromatic nitrogens is 2. The van der Waals surface area contributed by atoms with Crippen molar-refractivity contribution < 1.29 is 28.1 Å². The second kappa shape index (κ2) is 10.9. The Labute approximate surface area is 199 Å². The number of likely N-dealkylation sites (tertiary alicyclic amines) is 1. The van der Waals surface area contributed by atoms with E-state index in [0.29, 0.717) is 30.3 Å². The summed E-state index contributed by atoms with van der Waals surface area (Å²) in [5.74, 6) is 0.196. The summed E-state index contributed by atoms with van der Waals surface area (Å²) in [5, 5.41) is 9.18. The molecule has 1 saturated heterocycles. The van der Waals surface area contributed by atoms with Crippen LogP contribution in [0.3, 0.4) is 0 Å². The van der Waals surface area contributed by atoms with Gasteiger partial charge in [-0.3, -0.25) is 9.59 Å². The summed E-state index contributed by atoms with van der Waals surface area (Å²) in [7, 11) is 0. The Morgan fingerprint density at radius 1 is 1.32 bits per heavy atom. The first-order chi connectivity index (χ1) is 16.5. The summed E-state index contributed by atoms with van der Waals surface area (Å²) in [6.07, 6.45) is 5.95. The first-order valence-corrected chi connectivity index (χ1v) is 11.8. The van der Waals surface area contributed by atoms with E-state index in [9.17, 15) is 14.4 Å². The first kappa shape index (κ1) is 23.4. The predicted molar refractivity (Wildman–Crippen MR) is 123 cm³/mol. The molecule has 1 aliphatic rings. The van der Waals surface area contributed by atoms with Crippen molar-refractivity contribution in [2.75, 3.05) is 26.2 Å². The van der Waals surface area contributed by atoms with E-state index in [1.807, 2.05) is 5.38 Å². The molecule has 178 valence electrons. The van der Waals surface area contributed by atoms with Gasteiger partial charge in [0.15, 0.2) is 11.5 Å². The van der Waals surface area contributed by atoms with Crippen molar-refractivity contribution in [1.29, 1.82) is 0 Å². The fourth-order valence-electron chi connectivity index (χ4n) is 3.54. The van der Waals surface area contributed by atoms with Crippen LogP contribution in [0.5, 0.6) is 0 Å². The Kier molecular flexibility index (Phi) is 7.53. The molecular weight excluding hydrogens is 460 g/mol. The van der Waals surface area contributed by atoms with Crippen molar-refractivity contribution in [1.82, 2.24) is 20.4 Å². The molecule has 4 heterocycles. The van der Waals surface area contributed by atoms with Crippen LogP contribution in [0.25, 0.3) is 17.5 Å². The van der Waals surface area contributed by atoms with Gasteiger partial charge in [-0.1, -0.05) is 5.16 Å². The SMILES string of the molecule is CCOC(=O)c1cc(-c2csc(C3CCN(C(=O)CNC(=O)/C=C\c4ccco4)CC3)n2)on1. The van der Waals surface area contributed by atoms with E-state index in [2.05, 4.69) is 15.5 Å². The number of carbonyl (C=O) groups excluding carboxylic acids is 3. The van der Waals surface area contributed by atoms with Gasteiger partial charge in [0.05, 0.1) is 24.4 Å². The average molecular weight is 485 g/mol. The molecule has 0 radical (unpaired) electrons. The molecule has 0 aliphatic carbocycles. The molecule has 3 aromatic rings. The van der Waals surface area contributed by atoms with Crippen molar-refractivity contribution >= 4 is 35.2 Å². The molecule has 0 aromatic carbocycles. The lowest BCUT2D eigenvalue weighted by Crippen LogP contribution is -2.43. The molecule has 1 N–H and O–H groups in total. The number of furan rings is 1. The zero-order valence-electron chi connectivity index (χ0n) is 18.6. The largest absolute Gasteiger partial charge is 0.465 e. The highest BCUT2D eigenvalue weighted by Gasteiger charge is 2.26. The van der Waals surface area contributed by atoms with E-state index in [1.165, 1.54) is 29.7 Å². The van der Waals surface area contributed by atoms with Gasteiger partial charge in [-0.05, 0) is 38.0 Å². The number of carbonyl (C=O) groups is 3. The van der Waals surface area contributed by atoms with Gasteiger partial charge in [-0.15, -0.1) is 11.3 Å². The van der Waals surface area contributed by atoms with Crippen LogP contribution in [0.4, 0.5) is 0 Å². The molecule has 4 rings (SSSR count). The van der Waals surface area contributed by atoms with E-state index in [1.54, 1.807) is 30.0 Å². The quantitative estimate of drug-likeness (QED) is 0.382. The third-order valence-electron chi connectivity index (χ3n) is 5.32. The van der Waals surface area contributed by atoms with Crippen molar-refractivity contribution in [3.8, 4) is 11.5 Å². The second-order valence-corrected chi connectivity index (χ2v) is 8.48. The maximum Gasteiger partial charge on any atom is 0.360 e. The minimum atomic E-state index is -0.533. The molecule has 34 heavy (non-hydrogen) atoms. The highest BCUT2D eigenvalue weighted by Crippen LogP contribution is 2.33. The molecule has 11 heteroatoms. The van der Waals surface area contributed by atoms with Crippen molar-refractivity contribution in [3.05, 3.63) is 52.4 Å². The minimum absolute atomic E-state index is 0.0539. The van der Waals surface area contributed by atoms with Gasteiger partial charge in [0.25, 0.3) is 0 Å². The summed E-state index contributed by atoms with van der Waals surface area (Å²) in [4.78, 5) is 42.5. The third kappa shape index (κ3) is 5.79. The molecular formula is C23H24N4O6S. The van der Waals surface area contributed by atoms with Crippen LogP contribution in [0.15, 0.2) is 44.9 Å². The molecule has 0 unspecified atom stereocenters. The second-order valence-electron chi connectivity index (χ2n) is 7.59. The summed E-state index contributed by atoms with van der Waals surface area (Å²) >= 11 is 1.52. The van der Waals surface area contributed by atoms with Gasteiger partial charge in [-0.25, -0.2) is 9.78 Å². The smallest absolute Gasteiger partial charge is 0.360 e. The summed E-state index contributed by atoms with van der Waals surface area (Å²) in [6.45, 7) is 3.11. The van der Waals surface area contributed by atoms with Gasteiger partial charge in [0.2, 0.25) is 11.8 Å². The number of nitrogens with one attached hydrogen (secondary N) is 1. The van der Waals surface area contributed by atoms with Crippen LogP contribution >= 0.6 is 11.3 Å². The van der Waals surface area contributed by atoms with Crippen LogP contribution in [0.2, 0.25) is 0 Å². The Morgan fingerprint density at radius 3 is 2.88 bits per heavy atom. The van der Waals surface area contributed by atoms with Gasteiger partial charge < -0.3 is 23.9 Å². The molecule has 1 aliphatic heterocycles. The molecule has 10 nitrogen and oxygen atoms in total. The van der Waals surface area contributed by atoms with E-state index in [4.69, 9.17) is 13.7 Å². The molecule has 0 atom stereocenters. The highest BCUT2D eigenvalue weighted by atomic mass is 32.1. The fourth-order valence-corrected chi connectivity index (χ4v) is 4.52. The molecule has 0 spiro atoms. The van der Waals surface area contributed by atoms with Crippen LogP contribution < -0.4 is 5.32 Å². The Morgan fingerprint density at radius 2 is 2.15 bits per heavy atom. The molecule has 2 amide bonds. The molecule has 0 bridgehead atoms. The number of nitrogens with zero attached hydrogens (tertiary/aromatic N) is 3. The van der Waals surface area contributed by atoms with Crippen molar-refractivity contribution in [2.24, 2.45) is 0 Å². The van der Waals surface area contributed by atoms with Gasteiger partial charge in [0, 0.05) is 36.5 Å². The minimum Gasteiger partial charge on any atom is -0.465 e. The van der Waals surface area contributed by atoms with E-state index < -0.39 is 5.97 Å². The number of amides is 2. The summed E-state index contributed by atoms with van der Waals surface area (Å²) in [5.41, 5.74) is 0.730. The normalized spacial score (nSPS) is 14.4. The highest BCUT2D eigenvalue weighted by molar-refractivity contribution is 7.10. The zero-order valence-corrected chi connectivity index (χ0v) is 19.4. The van der Waals surface area contributed by atoms with Crippen LogP contribution in [-0.4, -0.2) is 59.1 Å². The van der Waals surface area contributed by atoms with Crippen molar-refractivity contribution in [3.63, 3.8) is 0 Å². The number of thiazole rings is 1. The average Bonchev–Trinajstić information content (AvgIpc) is 3.62. The van der Waals surface area contributed by atoms with E-state index >= 15 is 0 Å². The molecule has 1 fully saturated rings. The molecule has 3 aromatic heterocycles. The number of esters is 1. The summed E-state index contributed by atoms with van der Waals surface area (Å²) in [6, 6.07) is 4.99. The fraction of sp³-hybridized carbons (Fsp3) is 0.348. The Bertz CT molecular complexity index is 1160. The van der Waals surface area contributed by atoms with Crippen LogP contribution in [0, 0.1) is 0 Å². The monoisotopic (exact) mass is 484 g/mol. The standard InChI is InChI=1S/C23H24N4O6S/c1-2-31-23(30)17-12-19(33-26-17)18-14-34-22(25-18)15-7-9-27(10-8-15)21(29)13-24-20(28)6-5-16-4-3-11-32-16/h3-6,11-12,14-15H,2,7-10,13H2,1H3,(H,24,28)/b6-5-. The van der Waals surface area contributed by atoms with E-state index in [0.717, 1.165) is 17.8 Å². The number of hydrogen-bond acceptors (Lipinski definition) is 9. The number of hydrogen-bond donors (Lipinski definition) is 1. The topological polar surface area (TPSA) is 128 Å². The van der Waals surface area contributed by atoms with Gasteiger partial charge in [0.1, 0.15) is 11.5 Å². The maximum absolute atomic E-state index is 12.5. The van der Waals surface area contributed by atoms with Crippen LogP contribution in [-0.2, 0) is 14.3 Å². The van der Waals surface area contributed by atoms with Gasteiger partial charge >= 0.3 is 5.97 Å². The number of ether oxygens (including phenoxy) is 1. The third-order valence-corrected chi connectivity index (χ3v) is 6.33. The van der Waals surface area contributed by atoms with Crippen LogP contribution in [0.1, 0.15) is 46.9 Å². The lowest BCUT2D eigenvalue weighted by atomic mass is 9.97. The Hall–Kier alpha value is -3.73. The maximum atomic E-state index is 12.5. The number of piperidine rings is 1. The number of rotatable bonds is 8. The first-order valence-electron chi connectivity index (χ1n) is 10.9. The Balaban J connectivity index is 1.24. The lowest BCUT2D eigenvalue weighted by molar-refractivity contribution is -0.133. The molecule has 0 saturated carbocycles. The van der Waals surface area contributed by atoms with Crippen molar-refractivity contribution in [2.45, 2.75) is 25.7 Å². The summed E-state index contributed by atoms with van der Waals surface area (Å²) < 4.78 is 15.3. The van der Waals surface area contributed by atoms with Gasteiger partial charge in [-0.2, -0.15) is 0 Å².